The van der Waals surface area contributed by atoms with E-state index in [9.17, 15) is 9.59 Å². The molecule has 1 saturated heterocycles. The summed E-state index contributed by atoms with van der Waals surface area (Å²) in [6, 6.07) is -0.306. The molecular formula is C8H16N4O2. The third kappa shape index (κ3) is 2.14. The molecule has 0 aliphatic carbocycles. The van der Waals surface area contributed by atoms with E-state index in [1.54, 1.807) is 19.0 Å². The van der Waals surface area contributed by atoms with E-state index < -0.39 is 6.03 Å². The number of likely N-dealkylation sites (N-methyl/N-ethyl adjacent to an activating group) is 2. The summed E-state index contributed by atoms with van der Waals surface area (Å²) in [6.45, 7) is 1.41. The maximum atomic E-state index is 11.4. The summed E-state index contributed by atoms with van der Waals surface area (Å²) in [5, 5.41) is 2.79. The van der Waals surface area contributed by atoms with Gasteiger partial charge in [-0.3, -0.25) is 4.79 Å². The molecule has 0 bridgehead atoms. The van der Waals surface area contributed by atoms with Gasteiger partial charge >= 0.3 is 6.03 Å². The quantitative estimate of drug-likeness (QED) is 0.577. The molecule has 0 saturated carbocycles. The zero-order valence-electron chi connectivity index (χ0n) is 8.49. The van der Waals surface area contributed by atoms with Crippen molar-refractivity contribution in [2.24, 2.45) is 5.73 Å². The van der Waals surface area contributed by atoms with Gasteiger partial charge in [0.15, 0.2) is 0 Å². The molecule has 3 amide bonds. The molecule has 80 valence electrons. The number of nitrogens with zero attached hydrogens (tertiary/aromatic N) is 2. The largest absolute Gasteiger partial charge is 0.351 e. The molecule has 6 heteroatoms. The second-order valence-electron chi connectivity index (χ2n) is 3.43. The average molecular weight is 200 g/mol. The lowest BCUT2D eigenvalue weighted by molar-refractivity contribution is -0.133. The summed E-state index contributed by atoms with van der Waals surface area (Å²) >= 11 is 0. The maximum Gasteiger partial charge on any atom is 0.314 e. The number of nitrogens with one attached hydrogen (secondary N) is 1. The molecule has 1 heterocycles. The minimum absolute atomic E-state index is 0.0293. The highest BCUT2D eigenvalue weighted by Gasteiger charge is 2.33. The molecule has 0 atom stereocenters. The molecule has 0 aromatic heterocycles. The van der Waals surface area contributed by atoms with Crippen LogP contribution in [0.4, 0.5) is 4.79 Å². The van der Waals surface area contributed by atoms with Crippen molar-refractivity contribution in [2.45, 2.75) is 6.04 Å². The number of likely N-dealkylation sites (tertiary alicyclic amines) is 1. The van der Waals surface area contributed by atoms with Crippen molar-refractivity contribution in [2.75, 3.05) is 33.7 Å². The molecule has 0 radical (unpaired) electrons. The molecule has 0 spiro atoms. The van der Waals surface area contributed by atoms with Crippen LogP contribution in [0.25, 0.3) is 0 Å². The van der Waals surface area contributed by atoms with Crippen molar-refractivity contribution in [3.8, 4) is 0 Å². The molecule has 1 aliphatic rings. The van der Waals surface area contributed by atoms with Crippen LogP contribution in [0.5, 0.6) is 0 Å². The maximum absolute atomic E-state index is 11.4. The fourth-order valence-electron chi connectivity index (χ4n) is 1.36. The summed E-state index contributed by atoms with van der Waals surface area (Å²) in [6.07, 6.45) is 0. The molecular weight excluding hydrogens is 184 g/mol. The SMILES string of the molecule is CNCC(=O)N(C)C1CN(C(N)=O)C1. The predicted molar refractivity (Wildman–Crippen MR) is 51.6 cm³/mol. The van der Waals surface area contributed by atoms with E-state index in [4.69, 9.17) is 5.73 Å². The number of hydrogen-bond donors (Lipinski definition) is 2. The van der Waals surface area contributed by atoms with Crippen LogP contribution in [0.2, 0.25) is 0 Å². The van der Waals surface area contributed by atoms with Gasteiger partial charge in [0.2, 0.25) is 5.91 Å². The molecule has 0 aromatic carbocycles. The van der Waals surface area contributed by atoms with Gasteiger partial charge in [0.1, 0.15) is 0 Å². The second-order valence-corrected chi connectivity index (χ2v) is 3.43. The number of nitrogens with two attached hydrogens (primary N) is 1. The molecule has 1 rings (SSSR count). The van der Waals surface area contributed by atoms with Crippen LogP contribution >= 0.6 is 0 Å². The Hall–Kier alpha value is -1.30. The lowest BCUT2D eigenvalue weighted by Gasteiger charge is -2.42. The van der Waals surface area contributed by atoms with Crippen molar-refractivity contribution in [3.63, 3.8) is 0 Å². The van der Waals surface area contributed by atoms with E-state index in [2.05, 4.69) is 5.32 Å². The van der Waals surface area contributed by atoms with Gasteiger partial charge in [-0.1, -0.05) is 0 Å². The fourth-order valence-corrected chi connectivity index (χ4v) is 1.36. The normalized spacial score (nSPS) is 16.3. The second kappa shape index (κ2) is 4.28. The van der Waals surface area contributed by atoms with Crippen LogP contribution in [-0.2, 0) is 4.79 Å². The monoisotopic (exact) mass is 200 g/mol. The van der Waals surface area contributed by atoms with Crippen molar-refractivity contribution in [1.82, 2.24) is 15.1 Å². The number of primary amides is 1. The minimum atomic E-state index is -0.421. The standard InChI is InChI=1S/C8H16N4O2/c1-10-3-7(13)11(2)6-4-12(5-6)8(9)14/h6,10H,3-5H2,1-2H3,(H2,9,14). The first-order valence-corrected chi connectivity index (χ1v) is 4.51. The molecule has 3 N–H and O–H groups in total. The van der Waals surface area contributed by atoms with Crippen molar-refractivity contribution in [3.05, 3.63) is 0 Å². The van der Waals surface area contributed by atoms with E-state index in [1.165, 1.54) is 4.90 Å². The number of hydrogen-bond acceptors (Lipinski definition) is 3. The summed E-state index contributed by atoms with van der Waals surface area (Å²) in [5.41, 5.74) is 5.07. The van der Waals surface area contributed by atoms with Crippen LogP contribution in [0.15, 0.2) is 0 Å². The van der Waals surface area contributed by atoms with Gasteiger partial charge in [0.25, 0.3) is 0 Å². The Morgan fingerprint density at radius 2 is 2.14 bits per heavy atom. The zero-order valence-corrected chi connectivity index (χ0v) is 8.49. The smallest absolute Gasteiger partial charge is 0.314 e. The van der Waals surface area contributed by atoms with E-state index in [0.29, 0.717) is 19.6 Å². The number of rotatable bonds is 3. The average Bonchev–Trinajstić information content (AvgIpc) is 2.00. The highest BCUT2D eigenvalue weighted by molar-refractivity contribution is 5.79. The van der Waals surface area contributed by atoms with Crippen LogP contribution in [0.1, 0.15) is 0 Å². The minimum Gasteiger partial charge on any atom is -0.351 e. The Morgan fingerprint density at radius 3 is 2.57 bits per heavy atom. The molecule has 0 aromatic rings. The molecule has 14 heavy (non-hydrogen) atoms. The van der Waals surface area contributed by atoms with Gasteiger partial charge in [-0.2, -0.15) is 0 Å². The van der Waals surface area contributed by atoms with Crippen LogP contribution in [-0.4, -0.2) is 61.5 Å². The van der Waals surface area contributed by atoms with E-state index >= 15 is 0 Å². The Morgan fingerprint density at radius 1 is 1.57 bits per heavy atom. The number of urea groups is 1. The Bertz CT molecular complexity index is 237. The third-order valence-corrected chi connectivity index (χ3v) is 2.44. The van der Waals surface area contributed by atoms with Crippen molar-refractivity contribution in [1.29, 1.82) is 0 Å². The van der Waals surface area contributed by atoms with E-state index in [1.807, 2.05) is 0 Å². The van der Waals surface area contributed by atoms with Crippen LogP contribution < -0.4 is 11.1 Å². The highest BCUT2D eigenvalue weighted by Crippen LogP contribution is 2.12. The lowest BCUT2D eigenvalue weighted by atomic mass is 10.1. The van der Waals surface area contributed by atoms with E-state index in [0.717, 1.165) is 0 Å². The number of amides is 3. The highest BCUT2D eigenvalue weighted by atomic mass is 16.2. The number of carbonyl (C=O) groups excluding carboxylic acids is 2. The molecule has 6 nitrogen and oxygen atoms in total. The molecule has 1 aliphatic heterocycles. The predicted octanol–water partition coefficient (Wildman–Crippen LogP) is -1.57. The van der Waals surface area contributed by atoms with Gasteiger partial charge in [-0.15, -0.1) is 0 Å². The van der Waals surface area contributed by atoms with Gasteiger partial charge in [0.05, 0.1) is 12.6 Å². The van der Waals surface area contributed by atoms with Gasteiger partial charge in [-0.25, -0.2) is 4.79 Å². The first-order chi connectivity index (χ1) is 6.56. The zero-order chi connectivity index (χ0) is 10.7. The topological polar surface area (TPSA) is 78.7 Å². The Kier molecular flexibility index (Phi) is 3.29. The molecule has 0 unspecified atom stereocenters. The third-order valence-electron chi connectivity index (χ3n) is 2.44. The lowest BCUT2D eigenvalue weighted by Crippen LogP contribution is -2.63. The summed E-state index contributed by atoms with van der Waals surface area (Å²) in [7, 11) is 3.46. The fraction of sp³-hybridized carbons (Fsp3) is 0.750. The summed E-state index contributed by atoms with van der Waals surface area (Å²) in [4.78, 5) is 25.2. The van der Waals surface area contributed by atoms with Gasteiger partial charge in [-0.05, 0) is 7.05 Å². The Labute approximate surface area is 83.0 Å². The Balaban J connectivity index is 2.32. The first kappa shape index (κ1) is 10.8. The van der Waals surface area contributed by atoms with Crippen molar-refractivity contribution >= 4 is 11.9 Å². The molecule has 1 fully saturated rings. The van der Waals surface area contributed by atoms with Gasteiger partial charge < -0.3 is 20.9 Å². The van der Waals surface area contributed by atoms with Crippen molar-refractivity contribution < 1.29 is 9.59 Å². The first-order valence-electron chi connectivity index (χ1n) is 4.51. The van der Waals surface area contributed by atoms with Crippen LogP contribution in [0, 0.1) is 0 Å². The summed E-state index contributed by atoms with van der Waals surface area (Å²) < 4.78 is 0. The van der Waals surface area contributed by atoms with Crippen LogP contribution in [0.3, 0.4) is 0 Å². The summed E-state index contributed by atoms with van der Waals surface area (Å²) in [5.74, 6) is 0.0293. The van der Waals surface area contributed by atoms with E-state index in [-0.39, 0.29) is 11.9 Å². The van der Waals surface area contributed by atoms with Gasteiger partial charge in [0, 0.05) is 20.1 Å². The number of carbonyl (C=O) groups is 2.